The van der Waals surface area contributed by atoms with Gasteiger partial charge in [0.25, 0.3) is 5.91 Å². The predicted octanol–water partition coefficient (Wildman–Crippen LogP) is 3.35. The highest BCUT2D eigenvalue weighted by atomic mass is 19.1. The summed E-state index contributed by atoms with van der Waals surface area (Å²) < 4.78 is 13.3. The summed E-state index contributed by atoms with van der Waals surface area (Å²) in [5, 5.41) is 8.86. The molecule has 3 nitrogen and oxygen atoms in total. The molecule has 1 amide bonds. The Bertz CT molecular complexity index is 569. The van der Waals surface area contributed by atoms with Crippen LogP contribution in [0, 0.1) is 22.6 Å². The molecule has 0 aromatic heterocycles. The summed E-state index contributed by atoms with van der Waals surface area (Å²) in [5.74, 6) is -0.697. The number of likely N-dealkylation sites (tertiary alicyclic amines) is 1. The lowest BCUT2D eigenvalue weighted by atomic mass is 9.85. The van der Waals surface area contributed by atoms with Gasteiger partial charge in [-0.1, -0.05) is 20.8 Å². The van der Waals surface area contributed by atoms with Gasteiger partial charge in [-0.15, -0.1) is 0 Å². The first-order chi connectivity index (χ1) is 9.34. The first-order valence-electron chi connectivity index (χ1n) is 6.85. The molecule has 1 aliphatic heterocycles. The van der Waals surface area contributed by atoms with E-state index in [0.29, 0.717) is 5.56 Å². The Morgan fingerprint density at radius 2 is 2.15 bits per heavy atom. The summed E-state index contributed by atoms with van der Waals surface area (Å²) in [5.41, 5.74) is 0.325. The van der Waals surface area contributed by atoms with Crippen LogP contribution in [-0.4, -0.2) is 23.4 Å². The van der Waals surface area contributed by atoms with Crippen molar-refractivity contribution in [2.24, 2.45) is 5.41 Å². The van der Waals surface area contributed by atoms with Crippen LogP contribution in [0.4, 0.5) is 4.39 Å². The highest BCUT2D eigenvalue weighted by Crippen LogP contribution is 2.33. The predicted molar refractivity (Wildman–Crippen MR) is 74.6 cm³/mol. The molecule has 1 atom stereocenters. The molecule has 1 heterocycles. The van der Waals surface area contributed by atoms with Gasteiger partial charge in [0, 0.05) is 18.2 Å². The number of halogens is 1. The zero-order valence-corrected chi connectivity index (χ0v) is 12.1. The third-order valence-electron chi connectivity index (χ3n) is 3.85. The lowest BCUT2D eigenvalue weighted by Gasteiger charge is -2.35. The lowest BCUT2D eigenvalue weighted by Crippen LogP contribution is -2.43. The van der Waals surface area contributed by atoms with E-state index < -0.39 is 5.82 Å². The first-order valence-corrected chi connectivity index (χ1v) is 6.85. The van der Waals surface area contributed by atoms with E-state index >= 15 is 0 Å². The fourth-order valence-electron chi connectivity index (χ4n) is 2.82. The number of rotatable bonds is 1. The number of benzene rings is 1. The van der Waals surface area contributed by atoms with E-state index in [1.165, 1.54) is 18.2 Å². The third-order valence-corrected chi connectivity index (χ3v) is 3.85. The number of nitriles is 1. The summed E-state index contributed by atoms with van der Waals surface area (Å²) in [4.78, 5) is 14.4. The largest absolute Gasteiger partial charge is 0.335 e. The molecule has 1 saturated heterocycles. The SMILES string of the molecule is CC(C)(C)[C@H]1CCCN1C(=O)c1ccc(F)c(C#N)c1. The van der Waals surface area contributed by atoms with Gasteiger partial charge in [0.05, 0.1) is 5.56 Å². The highest BCUT2D eigenvalue weighted by Gasteiger charge is 2.37. The second-order valence-electron chi connectivity index (χ2n) is 6.33. The molecule has 1 aromatic rings. The van der Waals surface area contributed by atoms with Crippen LogP contribution in [0.2, 0.25) is 0 Å². The quantitative estimate of drug-likeness (QED) is 0.788. The molecule has 0 N–H and O–H groups in total. The molecule has 1 aromatic carbocycles. The summed E-state index contributed by atoms with van der Waals surface area (Å²) in [6, 6.07) is 5.95. The van der Waals surface area contributed by atoms with Crippen molar-refractivity contribution in [3.63, 3.8) is 0 Å². The van der Waals surface area contributed by atoms with E-state index in [9.17, 15) is 9.18 Å². The third kappa shape index (κ3) is 2.67. The van der Waals surface area contributed by atoms with Crippen LogP contribution in [0.15, 0.2) is 18.2 Å². The Morgan fingerprint density at radius 3 is 2.75 bits per heavy atom. The van der Waals surface area contributed by atoms with Crippen LogP contribution in [-0.2, 0) is 0 Å². The minimum atomic E-state index is -0.585. The second-order valence-corrected chi connectivity index (χ2v) is 6.33. The van der Waals surface area contributed by atoms with Crippen molar-refractivity contribution in [1.82, 2.24) is 4.90 Å². The van der Waals surface area contributed by atoms with Crippen LogP contribution in [0.25, 0.3) is 0 Å². The van der Waals surface area contributed by atoms with Crippen molar-refractivity contribution in [2.45, 2.75) is 39.7 Å². The van der Waals surface area contributed by atoms with Crippen molar-refractivity contribution in [2.75, 3.05) is 6.54 Å². The second kappa shape index (κ2) is 5.24. The van der Waals surface area contributed by atoms with Crippen LogP contribution >= 0.6 is 0 Å². The molecule has 0 bridgehead atoms. The Morgan fingerprint density at radius 1 is 1.45 bits per heavy atom. The number of amides is 1. The Balaban J connectivity index is 2.30. The van der Waals surface area contributed by atoms with Crippen molar-refractivity contribution in [1.29, 1.82) is 5.26 Å². The van der Waals surface area contributed by atoms with Crippen molar-refractivity contribution in [3.8, 4) is 6.07 Å². The summed E-state index contributed by atoms with van der Waals surface area (Å²) in [6.07, 6.45) is 1.97. The first kappa shape index (κ1) is 14.5. The number of carbonyl (C=O) groups is 1. The number of carbonyl (C=O) groups excluding carboxylic acids is 1. The smallest absolute Gasteiger partial charge is 0.254 e. The molecule has 0 radical (unpaired) electrons. The molecule has 0 aliphatic carbocycles. The molecule has 0 saturated carbocycles. The Labute approximate surface area is 119 Å². The maximum absolute atomic E-state index is 13.3. The van der Waals surface area contributed by atoms with E-state index in [0.717, 1.165) is 19.4 Å². The zero-order valence-electron chi connectivity index (χ0n) is 12.1. The molecule has 106 valence electrons. The molecular weight excluding hydrogens is 255 g/mol. The van der Waals surface area contributed by atoms with E-state index in [-0.39, 0.29) is 22.9 Å². The van der Waals surface area contributed by atoms with Gasteiger partial charge in [0.2, 0.25) is 0 Å². The van der Waals surface area contributed by atoms with Gasteiger partial charge in [0.1, 0.15) is 11.9 Å². The number of hydrogen-bond donors (Lipinski definition) is 0. The molecular formula is C16H19FN2O. The van der Waals surface area contributed by atoms with E-state index in [1.807, 2.05) is 4.90 Å². The Hall–Kier alpha value is -1.89. The van der Waals surface area contributed by atoms with Crippen LogP contribution in [0.5, 0.6) is 0 Å². The van der Waals surface area contributed by atoms with E-state index in [4.69, 9.17) is 5.26 Å². The van der Waals surface area contributed by atoms with Gasteiger partial charge in [-0.05, 0) is 36.5 Å². The summed E-state index contributed by atoms with van der Waals surface area (Å²) in [6.45, 7) is 7.08. The molecule has 1 fully saturated rings. The molecule has 4 heteroatoms. The maximum Gasteiger partial charge on any atom is 0.254 e. The van der Waals surface area contributed by atoms with Gasteiger partial charge in [-0.3, -0.25) is 4.79 Å². The number of nitrogens with zero attached hydrogens (tertiary/aromatic N) is 2. The fourth-order valence-corrected chi connectivity index (χ4v) is 2.82. The maximum atomic E-state index is 13.3. The normalized spacial score (nSPS) is 18.9. The van der Waals surface area contributed by atoms with Crippen molar-refractivity contribution in [3.05, 3.63) is 35.1 Å². The molecule has 0 spiro atoms. The molecule has 0 unspecified atom stereocenters. The van der Waals surface area contributed by atoms with Gasteiger partial charge in [0.15, 0.2) is 0 Å². The summed E-state index contributed by atoms with van der Waals surface area (Å²) >= 11 is 0. The van der Waals surface area contributed by atoms with Crippen LogP contribution in [0.1, 0.15) is 49.5 Å². The van der Waals surface area contributed by atoms with Crippen LogP contribution in [0.3, 0.4) is 0 Å². The highest BCUT2D eigenvalue weighted by molar-refractivity contribution is 5.95. The standard InChI is InChI=1S/C16H19FN2O/c1-16(2,3)14-5-4-8-19(14)15(20)11-6-7-13(17)12(9-11)10-18/h6-7,9,14H,4-5,8H2,1-3H3/t14-/m1/s1. The average Bonchev–Trinajstić information content (AvgIpc) is 2.87. The van der Waals surface area contributed by atoms with E-state index in [1.54, 1.807) is 6.07 Å². The topological polar surface area (TPSA) is 44.1 Å². The van der Waals surface area contributed by atoms with Crippen molar-refractivity contribution < 1.29 is 9.18 Å². The minimum absolute atomic E-state index is 0.0181. The van der Waals surface area contributed by atoms with Gasteiger partial charge in [-0.25, -0.2) is 4.39 Å². The fraction of sp³-hybridized carbons (Fsp3) is 0.500. The average molecular weight is 274 g/mol. The van der Waals surface area contributed by atoms with Gasteiger partial charge < -0.3 is 4.90 Å². The van der Waals surface area contributed by atoms with Gasteiger partial charge >= 0.3 is 0 Å². The Kier molecular flexibility index (Phi) is 3.80. The lowest BCUT2D eigenvalue weighted by molar-refractivity contribution is 0.0626. The van der Waals surface area contributed by atoms with Crippen LogP contribution < -0.4 is 0 Å². The molecule has 2 rings (SSSR count). The van der Waals surface area contributed by atoms with E-state index in [2.05, 4.69) is 20.8 Å². The zero-order chi connectivity index (χ0) is 14.9. The van der Waals surface area contributed by atoms with Crippen molar-refractivity contribution >= 4 is 5.91 Å². The minimum Gasteiger partial charge on any atom is -0.335 e. The monoisotopic (exact) mass is 274 g/mol. The summed E-state index contributed by atoms with van der Waals surface area (Å²) in [7, 11) is 0. The molecule has 1 aliphatic rings. The molecule has 20 heavy (non-hydrogen) atoms. The number of hydrogen-bond acceptors (Lipinski definition) is 2. The van der Waals surface area contributed by atoms with Gasteiger partial charge in [-0.2, -0.15) is 5.26 Å².